The summed E-state index contributed by atoms with van der Waals surface area (Å²) in [5.74, 6) is 0.916. The lowest BCUT2D eigenvalue weighted by Crippen LogP contribution is -2.23. The van der Waals surface area contributed by atoms with Crippen LogP contribution in [0.25, 0.3) is 0 Å². The van der Waals surface area contributed by atoms with Crippen LogP contribution in [-0.2, 0) is 4.79 Å². The normalized spacial score (nSPS) is 16.9. The predicted molar refractivity (Wildman–Crippen MR) is 79.8 cm³/mol. The molecule has 0 bridgehead atoms. The quantitative estimate of drug-likeness (QED) is 0.585. The Labute approximate surface area is 121 Å². The van der Waals surface area contributed by atoms with E-state index in [2.05, 4.69) is 35.3 Å². The smallest absolute Gasteiger partial charge is 0.207 e. The zero-order valence-corrected chi connectivity index (χ0v) is 12.2. The van der Waals surface area contributed by atoms with Crippen LogP contribution < -0.4 is 10.1 Å². The van der Waals surface area contributed by atoms with Crippen molar-refractivity contribution in [3.05, 3.63) is 29.8 Å². The lowest BCUT2D eigenvalue weighted by molar-refractivity contribution is -0.109. The molecule has 1 atom stereocenters. The van der Waals surface area contributed by atoms with E-state index in [1.807, 2.05) is 6.07 Å². The number of rotatable bonds is 8. The number of hydrogen-bond acceptors (Lipinski definition) is 3. The molecule has 1 fully saturated rings. The van der Waals surface area contributed by atoms with Gasteiger partial charge in [0.1, 0.15) is 5.75 Å². The number of hydrogen-bond donors (Lipinski definition) is 1. The zero-order chi connectivity index (χ0) is 14.2. The van der Waals surface area contributed by atoms with E-state index in [0.717, 1.165) is 18.6 Å². The maximum absolute atomic E-state index is 10.1. The number of carbonyl (C=O) groups excluding carboxylic acids is 1. The summed E-state index contributed by atoms with van der Waals surface area (Å²) in [6, 6.07) is 8.81. The Balaban J connectivity index is 1.85. The molecule has 1 N–H and O–H groups in total. The van der Waals surface area contributed by atoms with Gasteiger partial charge in [0.25, 0.3) is 0 Å². The zero-order valence-electron chi connectivity index (χ0n) is 12.2. The maximum Gasteiger partial charge on any atom is 0.207 e. The van der Waals surface area contributed by atoms with Gasteiger partial charge in [0.2, 0.25) is 6.41 Å². The highest BCUT2D eigenvalue weighted by Gasteiger charge is 2.19. The Bertz CT molecular complexity index is 417. The van der Waals surface area contributed by atoms with E-state index in [4.69, 9.17) is 4.74 Å². The molecular formula is C16H24N2O2. The first-order valence-electron chi connectivity index (χ1n) is 7.45. The lowest BCUT2D eigenvalue weighted by Gasteiger charge is -2.24. The fraction of sp³-hybridized carbons (Fsp3) is 0.562. The number of ether oxygens (including phenoxy) is 1. The minimum atomic E-state index is 0.456. The molecule has 0 aliphatic carbocycles. The standard InChI is InChI=1S/C16H24N2O2/c1-14(18-9-2-3-10-18)15-6-4-7-16(12-15)20-11-5-8-17-13-19/h4,6-7,12-14H,2-3,5,8-11H2,1H3,(H,17,19). The molecule has 1 aromatic carbocycles. The van der Waals surface area contributed by atoms with Crippen molar-refractivity contribution < 1.29 is 9.53 Å². The Morgan fingerprint density at radius 3 is 2.95 bits per heavy atom. The summed E-state index contributed by atoms with van der Waals surface area (Å²) in [6.07, 6.45) is 4.16. The number of nitrogens with zero attached hydrogens (tertiary/aromatic N) is 1. The number of amides is 1. The van der Waals surface area contributed by atoms with E-state index in [9.17, 15) is 4.79 Å². The predicted octanol–water partition coefficient (Wildman–Crippen LogP) is 2.36. The number of benzene rings is 1. The van der Waals surface area contributed by atoms with Crippen molar-refractivity contribution in [3.63, 3.8) is 0 Å². The van der Waals surface area contributed by atoms with Gasteiger partial charge in [0.05, 0.1) is 6.61 Å². The summed E-state index contributed by atoms with van der Waals surface area (Å²) in [5.41, 5.74) is 1.32. The minimum absolute atomic E-state index is 0.456. The van der Waals surface area contributed by atoms with Crippen molar-refractivity contribution in [2.75, 3.05) is 26.2 Å². The molecule has 0 spiro atoms. The molecular weight excluding hydrogens is 252 g/mol. The van der Waals surface area contributed by atoms with E-state index in [1.165, 1.54) is 31.5 Å². The van der Waals surface area contributed by atoms with Gasteiger partial charge in [-0.25, -0.2) is 0 Å². The molecule has 0 aromatic heterocycles. The first kappa shape index (κ1) is 14.9. The van der Waals surface area contributed by atoms with Crippen LogP contribution in [0.15, 0.2) is 24.3 Å². The molecule has 4 nitrogen and oxygen atoms in total. The maximum atomic E-state index is 10.1. The average molecular weight is 276 g/mol. The molecule has 0 saturated carbocycles. The molecule has 1 aromatic rings. The Hall–Kier alpha value is -1.55. The Morgan fingerprint density at radius 2 is 2.20 bits per heavy atom. The molecule has 1 saturated heterocycles. The molecule has 4 heteroatoms. The summed E-state index contributed by atoms with van der Waals surface area (Å²) in [6.45, 7) is 5.95. The van der Waals surface area contributed by atoms with Crippen molar-refractivity contribution in [2.24, 2.45) is 0 Å². The summed E-state index contributed by atoms with van der Waals surface area (Å²) >= 11 is 0. The topological polar surface area (TPSA) is 41.6 Å². The highest BCUT2D eigenvalue weighted by molar-refractivity contribution is 5.45. The van der Waals surface area contributed by atoms with Crippen molar-refractivity contribution >= 4 is 6.41 Å². The Kier molecular flexibility index (Phi) is 5.87. The third kappa shape index (κ3) is 4.23. The van der Waals surface area contributed by atoms with Crippen molar-refractivity contribution in [1.29, 1.82) is 0 Å². The molecule has 1 heterocycles. The van der Waals surface area contributed by atoms with Crippen molar-refractivity contribution in [1.82, 2.24) is 10.2 Å². The van der Waals surface area contributed by atoms with Crippen LogP contribution in [0.1, 0.15) is 37.8 Å². The third-order valence-corrected chi connectivity index (χ3v) is 3.85. The summed E-state index contributed by atoms with van der Waals surface area (Å²) in [7, 11) is 0. The minimum Gasteiger partial charge on any atom is -0.494 e. The van der Waals surface area contributed by atoms with Gasteiger partial charge in [0, 0.05) is 12.6 Å². The first-order chi connectivity index (χ1) is 9.81. The number of likely N-dealkylation sites (tertiary alicyclic amines) is 1. The van der Waals surface area contributed by atoms with Crippen LogP contribution in [0.5, 0.6) is 5.75 Å². The largest absolute Gasteiger partial charge is 0.494 e. The molecule has 1 unspecified atom stereocenters. The van der Waals surface area contributed by atoms with Crippen molar-refractivity contribution in [3.8, 4) is 5.75 Å². The molecule has 1 amide bonds. The van der Waals surface area contributed by atoms with Gasteiger partial charge in [-0.15, -0.1) is 0 Å². The summed E-state index contributed by atoms with van der Waals surface area (Å²) in [5, 5.41) is 2.63. The third-order valence-electron chi connectivity index (χ3n) is 3.85. The summed E-state index contributed by atoms with van der Waals surface area (Å²) < 4.78 is 5.73. The molecule has 20 heavy (non-hydrogen) atoms. The fourth-order valence-electron chi connectivity index (χ4n) is 2.63. The van der Waals surface area contributed by atoms with E-state index in [0.29, 0.717) is 19.2 Å². The molecule has 110 valence electrons. The second-order valence-electron chi connectivity index (χ2n) is 5.27. The lowest BCUT2D eigenvalue weighted by atomic mass is 10.1. The SMILES string of the molecule is CC(c1cccc(OCCCNC=O)c1)N1CCCC1. The van der Waals surface area contributed by atoms with E-state index in [-0.39, 0.29) is 0 Å². The number of carbonyl (C=O) groups is 1. The van der Waals surface area contributed by atoms with E-state index in [1.54, 1.807) is 0 Å². The van der Waals surface area contributed by atoms with Gasteiger partial charge in [-0.05, 0) is 57.0 Å². The van der Waals surface area contributed by atoms with E-state index < -0.39 is 0 Å². The van der Waals surface area contributed by atoms with Crippen molar-refractivity contribution in [2.45, 2.75) is 32.2 Å². The van der Waals surface area contributed by atoms with Crippen LogP contribution >= 0.6 is 0 Å². The fourth-order valence-corrected chi connectivity index (χ4v) is 2.63. The van der Waals surface area contributed by atoms with Crippen LogP contribution in [0.2, 0.25) is 0 Å². The second-order valence-corrected chi connectivity index (χ2v) is 5.27. The highest BCUT2D eigenvalue weighted by atomic mass is 16.5. The Morgan fingerprint density at radius 1 is 1.40 bits per heavy atom. The van der Waals surface area contributed by atoms with Crippen LogP contribution in [0.4, 0.5) is 0 Å². The molecule has 0 radical (unpaired) electrons. The van der Waals surface area contributed by atoms with Crippen LogP contribution in [-0.4, -0.2) is 37.6 Å². The summed E-state index contributed by atoms with van der Waals surface area (Å²) in [4.78, 5) is 12.6. The highest BCUT2D eigenvalue weighted by Crippen LogP contribution is 2.26. The number of nitrogens with one attached hydrogen (secondary N) is 1. The molecule has 2 rings (SSSR count). The van der Waals surface area contributed by atoms with Gasteiger partial charge in [-0.3, -0.25) is 9.69 Å². The first-order valence-corrected chi connectivity index (χ1v) is 7.45. The molecule has 1 aliphatic rings. The van der Waals surface area contributed by atoms with Gasteiger partial charge >= 0.3 is 0 Å². The average Bonchev–Trinajstić information content (AvgIpc) is 3.01. The van der Waals surface area contributed by atoms with Crippen LogP contribution in [0.3, 0.4) is 0 Å². The van der Waals surface area contributed by atoms with E-state index >= 15 is 0 Å². The molecule has 1 aliphatic heterocycles. The van der Waals surface area contributed by atoms with Gasteiger partial charge in [-0.1, -0.05) is 12.1 Å². The van der Waals surface area contributed by atoms with Gasteiger partial charge < -0.3 is 10.1 Å². The second kappa shape index (κ2) is 7.90. The van der Waals surface area contributed by atoms with Gasteiger partial charge in [-0.2, -0.15) is 0 Å². The van der Waals surface area contributed by atoms with Crippen LogP contribution in [0, 0.1) is 0 Å². The van der Waals surface area contributed by atoms with Gasteiger partial charge in [0.15, 0.2) is 0 Å². The monoisotopic (exact) mass is 276 g/mol.